The lowest BCUT2D eigenvalue weighted by molar-refractivity contribution is -0.130. The van der Waals surface area contributed by atoms with Crippen molar-refractivity contribution in [2.24, 2.45) is 0 Å². The van der Waals surface area contributed by atoms with Gasteiger partial charge < -0.3 is 9.84 Å². The van der Waals surface area contributed by atoms with E-state index in [1.807, 2.05) is 12.1 Å². The normalized spacial score (nSPS) is 11.2. The Hall–Kier alpha value is -2.26. The standard InChI is InChI=1S/C16H13ClO3/c1-20-15-5-3-2-4-12(15)10-14(16(18)19)11-6-8-13(17)9-7-11/h2-10H,1H3,(H,18,19)/b14-10-. The highest BCUT2D eigenvalue weighted by molar-refractivity contribution is 6.30. The minimum atomic E-state index is -1.00. The highest BCUT2D eigenvalue weighted by Gasteiger charge is 2.11. The Morgan fingerprint density at radius 3 is 2.40 bits per heavy atom. The second-order valence-electron chi connectivity index (χ2n) is 4.11. The number of methoxy groups -OCH3 is 1. The molecule has 0 fully saturated rings. The molecule has 20 heavy (non-hydrogen) atoms. The van der Waals surface area contributed by atoms with Gasteiger partial charge >= 0.3 is 5.97 Å². The van der Waals surface area contributed by atoms with Crippen LogP contribution in [0.3, 0.4) is 0 Å². The first kappa shape index (κ1) is 14.2. The van der Waals surface area contributed by atoms with Gasteiger partial charge in [0.1, 0.15) is 5.75 Å². The third-order valence-corrected chi connectivity index (χ3v) is 3.08. The van der Waals surface area contributed by atoms with Gasteiger partial charge in [0.15, 0.2) is 0 Å². The van der Waals surface area contributed by atoms with Crippen LogP contribution in [0.15, 0.2) is 48.5 Å². The maximum Gasteiger partial charge on any atom is 0.336 e. The predicted molar refractivity (Wildman–Crippen MR) is 80.0 cm³/mol. The number of carbonyl (C=O) groups is 1. The van der Waals surface area contributed by atoms with Gasteiger partial charge in [0.25, 0.3) is 0 Å². The number of carboxylic acids is 1. The van der Waals surface area contributed by atoms with Crippen molar-refractivity contribution in [1.29, 1.82) is 0 Å². The number of aliphatic carboxylic acids is 1. The number of hydrogen-bond donors (Lipinski definition) is 1. The van der Waals surface area contributed by atoms with E-state index in [0.29, 0.717) is 21.9 Å². The smallest absolute Gasteiger partial charge is 0.336 e. The molecular formula is C16H13ClO3. The van der Waals surface area contributed by atoms with Crippen molar-refractivity contribution in [1.82, 2.24) is 0 Å². The molecule has 1 N–H and O–H groups in total. The molecule has 0 heterocycles. The van der Waals surface area contributed by atoms with Crippen LogP contribution in [-0.4, -0.2) is 18.2 Å². The molecule has 0 atom stereocenters. The Morgan fingerprint density at radius 1 is 1.15 bits per heavy atom. The van der Waals surface area contributed by atoms with E-state index < -0.39 is 5.97 Å². The Bertz CT molecular complexity index is 645. The summed E-state index contributed by atoms with van der Waals surface area (Å²) >= 11 is 5.82. The third-order valence-electron chi connectivity index (χ3n) is 2.82. The van der Waals surface area contributed by atoms with Gasteiger partial charge in [0.05, 0.1) is 12.7 Å². The first-order chi connectivity index (χ1) is 9.61. The molecule has 0 aliphatic heterocycles. The van der Waals surface area contributed by atoms with Gasteiger partial charge in [-0.3, -0.25) is 0 Å². The lowest BCUT2D eigenvalue weighted by atomic mass is 10.0. The van der Waals surface area contributed by atoms with Crippen molar-refractivity contribution in [2.75, 3.05) is 7.11 Å². The van der Waals surface area contributed by atoms with E-state index in [1.165, 1.54) is 0 Å². The van der Waals surface area contributed by atoms with E-state index in [9.17, 15) is 9.90 Å². The van der Waals surface area contributed by atoms with Gasteiger partial charge in [0, 0.05) is 10.6 Å². The highest BCUT2D eigenvalue weighted by Crippen LogP contribution is 2.25. The van der Waals surface area contributed by atoms with Gasteiger partial charge in [0.2, 0.25) is 0 Å². The van der Waals surface area contributed by atoms with Crippen LogP contribution in [0.25, 0.3) is 11.6 Å². The summed E-state index contributed by atoms with van der Waals surface area (Å²) in [6, 6.07) is 13.9. The molecule has 0 aliphatic carbocycles. The van der Waals surface area contributed by atoms with E-state index in [-0.39, 0.29) is 5.57 Å². The fourth-order valence-corrected chi connectivity index (χ4v) is 1.97. The summed E-state index contributed by atoms with van der Waals surface area (Å²) in [5.74, 6) is -0.376. The summed E-state index contributed by atoms with van der Waals surface area (Å²) in [7, 11) is 1.55. The molecule has 0 amide bonds. The van der Waals surface area contributed by atoms with Crippen LogP contribution in [0.1, 0.15) is 11.1 Å². The van der Waals surface area contributed by atoms with E-state index >= 15 is 0 Å². The molecule has 2 aromatic rings. The summed E-state index contributed by atoms with van der Waals surface area (Å²) < 4.78 is 5.22. The third kappa shape index (κ3) is 3.19. The number of halogens is 1. The van der Waals surface area contributed by atoms with Gasteiger partial charge in [-0.2, -0.15) is 0 Å². The van der Waals surface area contributed by atoms with Crippen LogP contribution in [0, 0.1) is 0 Å². The SMILES string of the molecule is COc1ccccc1/C=C(\C(=O)O)c1ccc(Cl)cc1. The fraction of sp³-hybridized carbons (Fsp3) is 0.0625. The quantitative estimate of drug-likeness (QED) is 0.684. The minimum Gasteiger partial charge on any atom is -0.496 e. The number of para-hydroxylation sites is 1. The van der Waals surface area contributed by atoms with Crippen LogP contribution in [0.2, 0.25) is 5.02 Å². The molecule has 0 aliphatic rings. The second-order valence-corrected chi connectivity index (χ2v) is 4.55. The molecule has 102 valence electrons. The molecule has 2 rings (SSSR count). The number of ether oxygens (including phenoxy) is 1. The van der Waals surface area contributed by atoms with Crippen LogP contribution in [0.5, 0.6) is 5.75 Å². The average Bonchev–Trinajstić information content (AvgIpc) is 2.46. The molecule has 0 bridgehead atoms. The zero-order valence-corrected chi connectivity index (χ0v) is 11.6. The molecule has 2 aromatic carbocycles. The van der Waals surface area contributed by atoms with E-state index in [4.69, 9.17) is 16.3 Å². The Morgan fingerprint density at radius 2 is 1.80 bits per heavy atom. The van der Waals surface area contributed by atoms with Crippen molar-refractivity contribution in [3.63, 3.8) is 0 Å². The summed E-state index contributed by atoms with van der Waals surface area (Å²) in [6.45, 7) is 0. The molecule has 3 nitrogen and oxygen atoms in total. The lowest BCUT2D eigenvalue weighted by Gasteiger charge is -2.07. The topological polar surface area (TPSA) is 46.5 Å². The van der Waals surface area contributed by atoms with Crippen molar-refractivity contribution < 1.29 is 14.6 Å². The van der Waals surface area contributed by atoms with Gasteiger partial charge in [-0.25, -0.2) is 4.79 Å². The Labute approximate surface area is 122 Å². The minimum absolute atomic E-state index is 0.186. The summed E-state index contributed by atoms with van der Waals surface area (Å²) in [5.41, 5.74) is 1.49. The van der Waals surface area contributed by atoms with Gasteiger partial charge in [-0.05, 0) is 29.8 Å². The van der Waals surface area contributed by atoms with Crippen molar-refractivity contribution in [2.45, 2.75) is 0 Å². The van der Waals surface area contributed by atoms with Crippen molar-refractivity contribution >= 4 is 29.2 Å². The summed E-state index contributed by atoms with van der Waals surface area (Å²) in [6.07, 6.45) is 1.59. The zero-order chi connectivity index (χ0) is 14.5. The van der Waals surface area contributed by atoms with E-state index in [1.54, 1.807) is 49.6 Å². The largest absolute Gasteiger partial charge is 0.496 e. The first-order valence-corrected chi connectivity index (χ1v) is 6.33. The Balaban J connectivity index is 2.50. The maximum atomic E-state index is 11.4. The monoisotopic (exact) mass is 288 g/mol. The van der Waals surface area contributed by atoms with Crippen LogP contribution < -0.4 is 4.74 Å². The molecular weight excluding hydrogens is 276 g/mol. The molecule has 0 saturated heterocycles. The van der Waals surface area contributed by atoms with E-state index in [0.717, 1.165) is 0 Å². The molecule has 0 saturated carbocycles. The number of hydrogen-bond acceptors (Lipinski definition) is 2. The summed E-state index contributed by atoms with van der Waals surface area (Å²) in [5, 5.41) is 9.94. The fourth-order valence-electron chi connectivity index (χ4n) is 1.84. The molecule has 4 heteroatoms. The number of benzene rings is 2. The molecule has 0 aromatic heterocycles. The second kappa shape index (κ2) is 6.26. The maximum absolute atomic E-state index is 11.4. The molecule has 0 unspecified atom stereocenters. The number of carboxylic acid groups (broad SMARTS) is 1. The first-order valence-electron chi connectivity index (χ1n) is 5.96. The van der Waals surface area contributed by atoms with Crippen molar-refractivity contribution in [3.8, 4) is 5.75 Å². The summed E-state index contributed by atoms with van der Waals surface area (Å²) in [4.78, 5) is 11.4. The van der Waals surface area contributed by atoms with Crippen LogP contribution in [-0.2, 0) is 4.79 Å². The predicted octanol–water partition coefficient (Wildman–Crippen LogP) is 3.97. The van der Waals surface area contributed by atoms with Crippen LogP contribution >= 0.6 is 11.6 Å². The molecule has 0 radical (unpaired) electrons. The number of rotatable bonds is 4. The zero-order valence-electron chi connectivity index (χ0n) is 10.8. The van der Waals surface area contributed by atoms with E-state index in [2.05, 4.69) is 0 Å². The highest BCUT2D eigenvalue weighted by atomic mass is 35.5. The Kier molecular flexibility index (Phi) is 4.43. The average molecular weight is 289 g/mol. The van der Waals surface area contributed by atoms with Crippen LogP contribution in [0.4, 0.5) is 0 Å². The van der Waals surface area contributed by atoms with Gasteiger partial charge in [-0.15, -0.1) is 0 Å². The van der Waals surface area contributed by atoms with Crippen molar-refractivity contribution in [3.05, 3.63) is 64.7 Å². The lowest BCUT2D eigenvalue weighted by Crippen LogP contribution is -2.00. The van der Waals surface area contributed by atoms with Gasteiger partial charge in [-0.1, -0.05) is 41.9 Å². The molecule has 0 spiro atoms.